The van der Waals surface area contributed by atoms with Crippen molar-refractivity contribution >= 4 is 33.3 Å². The van der Waals surface area contributed by atoms with Crippen molar-refractivity contribution in [3.63, 3.8) is 0 Å². The Morgan fingerprint density at radius 1 is 1.03 bits per heavy atom. The van der Waals surface area contributed by atoms with Crippen molar-refractivity contribution in [3.05, 3.63) is 76.3 Å². The fraction of sp³-hybridized carbons (Fsp3) is 0.136. The monoisotopic (exact) mass is 484 g/mol. The first kappa shape index (κ1) is 22.9. The van der Waals surface area contributed by atoms with Gasteiger partial charge in [0.25, 0.3) is 15.7 Å². The molecule has 0 spiro atoms. The molecule has 3 aromatic carbocycles. The molecule has 176 valence electrons. The molecule has 0 saturated carbocycles. The van der Waals surface area contributed by atoms with Gasteiger partial charge in [-0.3, -0.25) is 20.3 Å². The summed E-state index contributed by atoms with van der Waals surface area (Å²) in [6.45, 7) is 0.922. The number of ether oxygens (including phenoxy) is 3. The zero-order valence-electron chi connectivity index (χ0n) is 17.9. The Labute approximate surface area is 195 Å². The number of hydrogen-bond acceptors (Lipinski definition) is 9. The van der Waals surface area contributed by atoms with Crippen LogP contribution in [0, 0.1) is 10.1 Å². The van der Waals surface area contributed by atoms with Crippen molar-refractivity contribution in [2.24, 2.45) is 5.10 Å². The number of nitrogens with one attached hydrogen (secondary N) is 2. The molecule has 0 aromatic heterocycles. The van der Waals surface area contributed by atoms with Crippen molar-refractivity contribution in [2.45, 2.75) is 4.90 Å². The van der Waals surface area contributed by atoms with Gasteiger partial charge in [0.15, 0.2) is 11.5 Å². The predicted molar refractivity (Wildman–Crippen MR) is 126 cm³/mol. The summed E-state index contributed by atoms with van der Waals surface area (Å²) in [4.78, 5) is 10.6. The van der Waals surface area contributed by atoms with Crippen molar-refractivity contribution in [1.82, 2.24) is 0 Å². The lowest BCUT2D eigenvalue weighted by Crippen LogP contribution is -2.15. The lowest BCUT2D eigenvalue weighted by atomic mass is 10.2. The maximum atomic E-state index is 12.8. The van der Waals surface area contributed by atoms with Crippen LogP contribution in [0.15, 0.2) is 70.7 Å². The normalized spacial score (nSPS) is 12.9. The second kappa shape index (κ2) is 9.67. The molecule has 1 heterocycles. The molecular formula is C22H20N4O7S. The van der Waals surface area contributed by atoms with E-state index in [2.05, 4.69) is 15.2 Å². The van der Waals surface area contributed by atoms with Crippen molar-refractivity contribution in [1.29, 1.82) is 0 Å². The third-order valence-electron chi connectivity index (χ3n) is 4.79. The van der Waals surface area contributed by atoms with Gasteiger partial charge in [0.1, 0.15) is 24.7 Å². The summed E-state index contributed by atoms with van der Waals surface area (Å²) in [7, 11) is -2.71. The van der Waals surface area contributed by atoms with Crippen LogP contribution in [0.1, 0.15) is 5.56 Å². The highest BCUT2D eigenvalue weighted by molar-refractivity contribution is 7.92. The van der Waals surface area contributed by atoms with Gasteiger partial charge in [0, 0.05) is 6.07 Å². The number of rotatable bonds is 8. The Balaban J connectivity index is 1.54. The highest BCUT2D eigenvalue weighted by Crippen LogP contribution is 2.32. The van der Waals surface area contributed by atoms with E-state index in [0.29, 0.717) is 36.0 Å². The van der Waals surface area contributed by atoms with Gasteiger partial charge in [-0.05, 0) is 48.0 Å². The summed E-state index contributed by atoms with van der Waals surface area (Å²) in [6.07, 6.45) is 1.45. The van der Waals surface area contributed by atoms with E-state index in [-0.39, 0.29) is 16.3 Å². The maximum absolute atomic E-state index is 12.8. The lowest BCUT2D eigenvalue weighted by Gasteiger charge is -2.18. The summed E-state index contributed by atoms with van der Waals surface area (Å²) in [5.41, 5.74) is 3.04. The molecule has 4 rings (SSSR count). The van der Waals surface area contributed by atoms with Gasteiger partial charge >= 0.3 is 0 Å². The number of nitro groups is 1. The van der Waals surface area contributed by atoms with E-state index in [9.17, 15) is 18.5 Å². The smallest absolute Gasteiger partial charge is 0.295 e. The van der Waals surface area contributed by atoms with Gasteiger partial charge < -0.3 is 14.2 Å². The number of nitro benzene ring substituents is 1. The molecule has 0 amide bonds. The van der Waals surface area contributed by atoms with E-state index in [1.165, 1.54) is 31.5 Å². The zero-order valence-corrected chi connectivity index (χ0v) is 18.7. The highest BCUT2D eigenvalue weighted by Gasteiger charge is 2.22. The summed E-state index contributed by atoms with van der Waals surface area (Å²) in [5.74, 6) is 1.52. The number of fused-ring (bicyclic) bond motifs is 1. The standard InChI is InChI=1S/C22H20N4O7S/c1-31-20-5-3-2-4-18(20)25-34(29,30)16-7-8-17(19(13-16)26(27)28)24-23-14-15-6-9-21-22(12-15)33-11-10-32-21/h2-9,12-14,24-25H,10-11H2,1H3/b23-14+. The van der Waals surface area contributed by atoms with Crippen LogP contribution in [0.25, 0.3) is 0 Å². The first-order chi connectivity index (χ1) is 16.4. The van der Waals surface area contributed by atoms with E-state index in [1.54, 1.807) is 36.4 Å². The largest absolute Gasteiger partial charge is 0.495 e. The molecule has 12 heteroatoms. The number of nitrogens with zero attached hydrogens (tertiary/aromatic N) is 2. The van der Waals surface area contributed by atoms with Gasteiger partial charge in [0.05, 0.1) is 28.8 Å². The Morgan fingerprint density at radius 3 is 2.56 bits per heavy atom. The quantitative estimate of drug-likeness (QED) is 0.281. The average Bonchev–Trinajstić information content (AvgIpc) is 2.84. The molecule has 3 aromatic rings. The van der Waals surface area contributed by atoms with E-state index in [4.69, 9.17) is 14.2 Å². The molecule has 1 aliphatic rings. The Bertz CT molecular complexity index is 1360. The number of para-hydroxylation sites is 2. The lowest BCUT2D eigenvalue weighted by molar-refractivity contribution is -0.384. The molecule has 34 heavy (non-hydrogen) atoms. The first-order valence-electron chi connectivity index (χ1n) is 10.0. The van der Waals surface area contributed by atoms with Gasteiger partial charge in [-0.2, -0.15) is 5.10 Å². The fourth-order valence-corrected chi connectivity index (χ4v) is 4.26. The SMILES string of the molecule is COc1ccccc1NS(=O)(=O)c1ccc(N/N=C/c2ccc3c(c2)OCCO3)c([N+](=O)[O-])c1. The van der Waals surface area contributed by atoms with Crippen LogP contribution < -0.4 is 24.4 Å². The van der Waals surface area contributed by atoms with Crippen molar-refractivity contribution < 1.29 is 27.6 Å². The van der Waals surface area contributed by atoms with Crippen LogP contribution in [0.2, 0.25) is 0 Å². The number of hydrogen-bond donors (Lipinski definition) is 2. The third kappa shape index (κ3) is 5.02. The molecule has 0 aliphatic carbocycles. The van der Waals surface area contributed by atoms with Gasteiger partial charge in [0.2, 0.25) is 0 Å². The summed E-state index contributed by atoms with van der Waals surface area (Å²) in [6, 6.07) is 15.1. The number of hydrazone groups is 1. The van der Waals surface area contributed by atoms with Crippen LogP contribution in [0.3, 0.4) is 0 Å². The fourth-order valence-electron chi connectivity index (χ4n) is 3.17. The second-order valence-corrected chi connectivity index (χ2v) is 8.70. The first-order valence-corrected chi connectivity index (χ1v) is 11.5. The molecule has 0 saturated heterocycles. The summed E-state index contributed by atoms with van der Waals surface area (Å²) >= 11 is 0. The number of anilines is 2. The number of benzene rings is 3. The molecule has 11 nitrogen and oxygen atoms in total. The molecule has 0 unspecified atom stereocenters. The molecule has 0 atom stereocenters. The van der Waals surface area contributed by atoms with E-state index in [0.717, 1.165) is 6.07 Å². The van der Waals surface area contributed by atoms with Crippen LogP contribution in [0.5, 0.6) is 17.2 Å². The van der Waals surface area contributed by atoms with Gasteiger partial charge in [-0.1, -0.05) is 12.1 Å². The van der Waals surface area contributed by atoms with Gasteiger partial charge in [-0.15, -0.1) is 0 Å². The minimum Gasteiger partial charge on any atom is -0.495 e. The topological polar surface area (TPSA) is 141 Å². The number of methoxy groups -OCH3 is 1. The second-order valence-electron chi connectivity index (χ2n) is 7.01. The Hall–Kier alpha value is -4.32. The van der Waals surface area contributed by atoms with Crippen LogP contribution >= 0.6 is 0 Å². The minimum atomic E-state index is -4.12. The minimum absolute atomic E-state index is 0.0232. The van der Waals surface area contributed by atoms with Crippen molar-refractivity contribution in [3.8, 4) is 17.2 Å². The summed E-state index contributed by atoms with van der Waals surface area (Å²) in [5, 5.41) is 15.6. The van der Waals surface area contributed by atoms with E-state index in [1.807, 2.05) is 0 Å². The van der Waals surface area contributed by atoms with Crippen molar-refractivity contribution in [2.75, 3.05) is 30.5 Å². The predicted octanol–water partition coefficient (Wildman–Crippen LogP) is 3.62. The Morgan fingerprint density at radius 2 is 1.79 bits per heavy atom. The van der Waals surface area contributed by atoms with Crippen LogP contribution in [-0.2, 0) is 10.0 Å². The van der Waals surface area contributed by atoms with Crippen LogP contribution in [0.4, 0.5) is 17.1 Å². The molecule has 1 aliphatic heterocycles. The number of sulfonamides is 1. The average molecular weight is 484 g/mol. The molecular weight excluding hydrogens is 464 g/mol. The molecule has 2 N–H and O–H groups in total. The van der Waals surface area contributed by atoms with E-state index >= 15 is 0 Å². The molecule has 0 radical (unpaired) electrons. The van der Waals surface area contributed by atoms with E-state index < -0.39 is 20.6 Å². The maximum Gasteiger partial charge on any atom is 0.295 e. The Kier molecular flexibility index (Phi) is 6.50. The molecule has 0 bridgehead atoms. The summed E-state index contributed by atoms with van der Waals surface area (Å²) < 4.78 is 44.1. The van der Waals surface area contributed by atoms with Crippen LogP contribution in [-0.4, -0.2) is 39.9 Å². The molecule has 0 fully saturated rings. The van der Waals surface area contributed by atoms with Gasteiger partial charge in [-0.25, -0.2) is 8.42 Å². The third-order valence-corrected chi connectivity index (χ3v) is 6.16. The zero-order chi connectivity index (χ0) is 24.1. The highest BCUT2D eigenvalue weighted by atomic mass is 32.2.